The summed E-state index contributed by atoms with van der Waals surface area (Å²) in [6, 6.07) is 10.0. The van der Waals surface area contributed by atoms with E-state index in [0.717, 1.165) is 29.0 Å². The van der Waals surface area contributed by atoms with Gasteiger partial charge in [0.2, 0.25) is 11.8 Å². The first kappa shape index (κ1) is 22.7. The van der Waals surface area contributed by atoms with Crippen molar-refractivity contribution in [1.82, 2.24) is 4.90 Å². The van der Waals surface area contributed by atoms with Crippen molar-refractivity contribution in [3.63, 3.8) is 0 Å². The van der Waals surface area contributed by atoms with E-state index in [1.165, 1.54) is 19.2 Å². The molecule has 2 aromatic carbocycles. The van der Waals surface area contributed by atoms with E-state index in [1.54, 1.807) is 11.8 Å². The lowest BCUT2D eigenvalue weighted by Crippen LogP contribution is -2.56. The number of carbonyl (C=O) groups is 3. The Morgan fingerprint density at radius 1 is 1.14 bits per heavy atom. The van der Waals surface area contributed by atoms with Crippen molar-refractivity contribution in [3.8, 4) is 5.75 Å². The minimum absolute atomic E-state index is 0.0325. The molecule has 3 amide bonds. The molecule has 3 fully saturated rings. The predicted molar refractivity (Wildman–Crippen MR) is 130 cm³/mol. The number of imide groups is 1. The van der Waals surface area contributed by atoms with Gasteiger partial charge in [0.25, 0.3) is 5.91 Å². The van der Waals surface area contributed by atoms with E-state index in [-0.39, 0.29) is 35.0 Å². The molecule has 4 aliphatic heterocycles. The number of fused-ring (bicyclic) bond motifs is 7. The maximum Gasteiger partial charge on any atom is 0.311 e. The van der Waals surface area contributed by atoms with Gasteiger partial charge < -0.3 is 9.64 Å². The predicted octanol–water partition coefficient (Wildman–Crippen LogP) is 2.76. The van der Waals surface area contributed by atoms with Crippen LogP contribution in [0.25, 0.3) is 0 Å². The number of para-hydroxylation sites is 1. The Labute approximate surface area is 207 Å². The molecule has 10 nitrogen and oxygen atoms in total. The Bertz CT molecular complexity index is 1360. The lowest BCUT2D eigenvalue weighted by Gasteiger charge is -2.37. The normalized spacial score (nSPS) is 28.8. The molecule has 0 aliphatic carbocycles. The molecular formula is C26H26N4O6. The van der Waals surface area contributed by atoms with Crippen molar-refractivity contribution in [2.24, 2.45) is 11.8 Å². The fourth-order valence-corrected chi connectivity index (χ4v) is 7.10. The molecule has 2 aromatic rings. The molecule has 0 saturated carbocycles. The quantitative estimate of drug-likeness (QED) is 0.368. The van der Waals surface area contributed by atoms with Crippen LogP contribution in [0, 0.1) is 28.9 Å². The van der Waals surface area contributed by atoms with Crippen LogP contribution >= 0.6 is 0 Å². The van der Waals surface area contributed by atoms with Gasteiger partial charge in [-0.05, 0) is 44.9 Å². The molecule has 36 heavy (non-hydrogen) atoms. The van der Waals surface area contributed by atoms with Crippen LogP contribution in [0.4, 0.5) is 17.1 Å². The molecule has 4 unspecified atom stereocenters. The summed E-state index contributed by atoms with van der Waals surface area (Å²) in [6.07, 6.45) is 1.56. The van der Waals surface area contributed by atoms with Gasteiger partial charge in [-0.25, -0.2) is 4.90 Å². The zero-order valence-electron chi connectivity index (χ0n) is 20.3. The second kappa shape index (κ2) is 7.60. The van der Waals surface area contributed by atoms with Crippen LogP contribution in [0.1, 0.15) is 30.9 Å². The van der Waals surface area contributed by atoms with Gasteiger partial charge in [0.1, 0.15) is 5.54 Å². The third-order valence-electron chi connectivity index (χ3n) is 8.40. The largest absolute Gasteiger partial charge is 0.490 e. The molecule has 0 aromatic heterocycles. The number of nitrogens with zero attached hydrogens (tertiary/aromatic N) is 4. The first-order chi connectivity index (χ1) is 17.3. The Morgan fingerprint density at radius 2 is 1.89 bits per heavy atom. The topological polar surface area (TPSA) is 113 Å². The summed E-state index contributed by atoms with van der Waals surface area (Å²) >= 11 is 0. The lowest BCUT2D eigenvalue weighted by molar-refractivity contribution is -0.385. The van der Waals surface area contributed by atoms with E-state index in [9.17, 15) is 24.5 Å². The number of nitro groups is 1. The highest BCUT2D eigenvalue weighted by Crippen LogP contribution is 2.62. The number of hydrogen-bond donors (Lipinski definition) is 0. The minimum Gasteiger partial charge on any atom is -0.490 e. The Kier molecular flexibility index (Phi) is 4.79. The number of aryl methyl sites for hydroxylation is 1. The first-order valence-electron chi connectivity index (χ1n) is 12.2. The second-order valence-corrected chi connectivity index (χ2v) is 9.82. The SMILES string of the molecule is CCN1C(=O)C2(c3ccccc31)C1C(=O)N(c3cc(OC)c([N+](=O)[O-])cc3C)C(=O)C1C1CCCN12. The van der Waals surface area contributed by atoms with E-state index in [4.69, 9.17) is 4.74 Å². The molecule has 10 heteroatoms. The standard InChI is InChI=1S/C26H26N4O6/c1-4-27-16-9-6-5-8-15(16)26(25(27)33)22-21(17-10-7-11-28(17)26)23(31)29(24(22)32)18-13-20(36-3)19(30(34)35)12-14(18)2/h5-6,8-9,12-13,17,21-22H,4,7,10-11H2,1-3H3. The van der Waals surface area contributed by atoms with Crippen LogP contribution < -0.4 is 14.5 Å². The van der Waals surface area contributed by atoms with E-state index < -0.39 is 28.2 Å². The first-order valence-corrected chi connectivity index (χ1v) is 12.2. The highest BCUT2D eigenvalue weighted by Gasteiger charge is 2.75. The Balaban J connectivity index is 1.55. The number of benzene rings is 2. The summed E-state index contributed by atoms with van der Waals surface area (Å²) in [5.74, 6) is -2.55. The van der Waals surface area contributed by atoms with Crippen LogP contribution in [-0.2, 0) is 19.9 Å². The molecule has 4 heterocycles. The Hall–Kier alpha value is -3.79. The number of nitro benzene ring substituents is 1. The number of carbonyl (C=O) groups excluding carboxylic acids is 3. The van der Waals surface area contributed by atoms with Gasteiger partial charge in [0.05, 0.1) is 29.6 Å². The smallest absolute Gasteiger partial charge is 0.311 e. The molecule has 3 saturated heterocycles. The molecule has 6 rings (SSSR count). The summed E-state index contributed by atoms with van der Waals surface area (Å²) < 4.78 is 5.22. The molecule has 0 bridgehead atoms. The maximum absolute atomic E-state index is 14.2. The fourth-order valence-electron chi connectivity index (χ4n) is 7.10. The van der Waals surface area contributed by atoms with Gasteiger partial charge in [-0.1, -0.05) is 18.2 Å². The van der Waals surface area contributed by atoms with Crippen molar-refractivity contribution in [2.75, 3.05) is 30.0 Å². The summed E-state index contributed by atoms with van der Waals surface area (Å²) in [7, 11) is 1.31. The van der Waals surface area contributed by atoms with Gasteiger partial charge in [-0.2, -0.15) is 0 Å². The van der Waals surface area contributed by atoms with Crippen LogP contribution in [0.15, 0.2) is 36.4 Å². The maximum atomic E-state index is 14.2. The summed E-state index contributed by atoms with van der Waals surface area (Å²) in [6.45, 7) is 4.63. The van der Waals surface area contributed by atoms with Crippen molar-refractivity contribution in [2.45, 2.75) is 38.3 Å². The highest BCUT2D eigenvalue weighted by atomic mass is 16.6. The average Bonchev–Trinajstić information content (AvgIpc) is 3.56. The van der Waals surface area contributed by atoms with E-state index in [2.05, 4.69) is 4.90 Å². The third-order valence-corrected chi connectivity index (χ3v) is 8.40. The third kappa shape index (κ3) is 2.52. The van der Waals surface area contributed by atoms with Crippen LogP contribution in [0.2, 0.25) is 0 Å². The minimum atomic E-state index is -1.24. The van der Waals surface area contributed by atoms with Crippen molar-refractivity contribution >= 4 is 34.8 Å². The number of likely N-dealkylation sites (N-methyl/N-ethyl adjacent to an activating group) is 1. The van der Waals surface area contributed by atoms with Crippen LogP contribution in [0.5, 0.6) is 5.75 Å². The van der Waals surface area contributed by atoms with Gasteiger partial charge in [-0.3, -0.25) is 29.4 Å². The summed E-state index contributed by atoms with van der Waals surface area (Å²) in [5.41, 5.74) is 0.747. The van der Waals surface area contributed by atoms with Gasteiger partial charge >= 0.3 is 5.69 Å². The van der Waals surface area contributed by atoms with E-state index in [0.29, 0.717) is 18.7 Å². The summed E-state index contributed by atoms with van der Waals surface area (Å²) in [4.78, 5) is 58.3. The number of ether oxygens (including phenoxy) is 1. The van der Waals surface area contributed by atoms with Crippen molar-refractivity contribution in [3.05, 3.63) is 57.6 Å². The zero-order valence-corrected chi connectivity index (χ0v) is 20.3. The number of amides is 3. The zero-order chi connectivity index (χ0) is 25.5. The van der Waals surface area contributed by atoms with Gasteiger partial charge in [0, 0.05) is 36.0 Å². The molecule has 186 valence electrons. The number of hydrogen-bond acceptors (Lipinski definition) is 7. The fraction of sp³-hybridized carbons (Fsp3) is 0.423. The van der Waals surface area contributed by atoms with Crippen molar-refractivity contribution < 1.29 is 24.0 Å². The van der Waals surface area contributed by atoms with Gasteiger partial charge in [0.15, 0.2) is 5.75 Å². The molecule has 1 spiro atoms. The van der Waals surface area contributed by atoms with Crippen molar-refractivity contribution in [1.29, 1.82) is 0 Å². The van der Waals surface area contributed by atoms with Crippen LogP contribution in [-0.4, -0.2) is 53.8 Å². The lowest BCUT2D eigenvalue weighted by atomic mass is 9.75. The number of methoxy groups -OCH3 is 1. The van der Waals surface area contributed by atoms with E-state index in [1.807, 2.05) is 31.2 Å². The highest BCUT2D eigenvalue weighted by molar-refractivity contribution is 6.26. The van der Waals surface area contributed by atoms with Gasteiger partial charge in [-0.15, -0.1) is 0 Å². The summed E-state index contributed by atoms with van der Waals surface area (Å²) in [5, 5.41) is 11.5. The Morgan fingerprint density at radius 3 is 2.58 bits per heavy atom. The molecule has 0 radical (unpaired) electrons. The number of anilines is 2. The molecule has 4 aliphatic rings. The van der Waals surface area contributed by atoms with Crippen LogP contribution in [0.3, 0.4) is 0 Å². The molecular weight excluding hydrogens is 464 g/mol. The molecule has 4 atom stereocenters. The van der Waals surface area contributed by atoms with E-state index >= 15 is 0 Å². The average molecular weight is 491 g/mol. The second-order valence-electron chi connectivity index (χ2n) is 9.82. The monoisotopic (exact) mass is 490 g/mol. The molecule has 0 N–H and O–H groups in total. The number of rotatable bonds is 4.